The molecule has 0 rings (SSSR count). The summed E-state index contributed by atoms with van der Waals surface area (Å²) < 4.78 is 0. The molecule has 366 valence electrons. The molecule has 4 heteroatoms. The fraction of sp³-hybridized carbons (Fsp3) is 0.780. The van der Waals surface area contributed by atoms with Crippen molar-refractivity contribution in [3.05, 3.63) is 72.9 Å². The molecule has 0 aromatic heterocycles. The van der Waals surface area contributed by atoms with Gasteiger partial charge in [0.25, 0.3) is 0 Å². The molecule has 2 atom stereocenters. The number of nitrogens with one attached hydrogen (secondary N) is 1. The van der Waals surface area contributed by atoms with Crippen LogP contribution in [0.4, 0.5) is 0 Å². The van der Waals surface area contributed by atoms with Crippen LogP contribution in [-0.2, 0) is 4.79 Å². The first-order valence-corrected chi connectivity index (χ1v) is 27.7. The summed E-state index contributed by atoms with van der Waals surface area (Å²) in [4.78, 5) is 12.5. The largest absolute Gasteiger partial charge is 0.394 e. The summed E-state index contributed by atoms with van der Waals surface area (Å²) in [6.07, 6.45) is 77.7. The Balaban J connectivity index is 3.49. The van der Waals surface area contributed by atoms with Gasteiger partial charge in [-0.05, 0) is 64.2 Å². The zero-order valence-corrected chi connectivity index (χ0v) is 42.1. The third-order valence-corrected chi connectivity index (χ3v) is 12.4. The van der Waals surface area contributed by atoms with Crippen LogP contribution < -0.4 is 5.32 Å². The molecule has 0 bridgehead atoms. The molecule has 0 aliphatic rings. The van der Waals surface area contributed by atoms with E-state index in [0.717, 1.165) is 57.8 Å². The Hall–Kier alpha value is -2.17. The normalized spacial score (nSPS) is 13.4. The number of carbonyl (C=O) groups excluding carboxylic acids is 1. The van der Waals surface area contributed by atoms with Crippen molar-refractivity contribution in [2.24, 2.45) is 0 Å². The summed E-state index contributed by atoms with van der Waals surface area (Å²) in [5.74, 6) is -0.0626. The van der Waals surface area contributed by atoms with E-state index < -0.39 is 12.1 Å². The quantitative estimate of drug-likeness (QED) is 0.0421. The van der Waals surface area contributed by atoms with Gasteiger partial charge in [0.15, 0.2) is 0 Å². The van der Waals surface area contributed by atoms with Crippen LogP contribution in [0, 0.1) is 0 Å². The van der Waals surface area contributed by atoms with Gasteiger partial charge >= 0.3 is 0 Å². The van der Waals surface area contributed by atoms with Gasteiger partial charge in [-0.2, -0.15) is 0 Å². The van der Waals surface area contributed by atoms with Gasteiger partial charge < -0.3 is 15.5 Å². The first kappa shape index (κ1) is 60.8. The Morgan fingerprint density at radius 3 is 1.05 bits per heavy atom. The second kappa shape index (κ2) is 54.2. The predicted octanol–water partition coefficient (Wildman–Crippen LogP) is 18.2. The summed E-state index contributed by atoms with van der Waals surface area (Å²) in [5, 5.41) is 23.1. The average molecular weight is 879 g/mol. The van der Waals surface area contributed by atoms with Crippen LogP contribution >= 0.6 is 0 Å². The number of hydrogen-bond donors (Lipinski definition) is 3. The van der Waals surface area contributed by atoms with E-state index in [1.807, 2.05) is 6.08 Å². The smallest absolute Gasteiger partial charge is 0.220 e. The van der Waals surface area contributed by atoms with Gasteiger partial charge in [0.2, 0.25) is 5.91 Å². The zero-order valence-electron chi connectivity index (χ0n) is 42.1. The minimum atomic E-state index is -0.841. The topological polar surface area (TPSA) is 69.6 Å². The summed E-state index contributed by atoms with van der Waals surface area (Å²) in [6.45, 7) is 4.21. The van der Waals surface area contributed by atoms with Crippen molar-refractivity contribution in [2.75, 3.05) is 6.61 Å². The number of unbranched alkanes of at least 4 members (excludes halogenated alkanes) is 33. The molecule has 63 heavy (non-hydrogen) atoms. The van der Waals surface area contributed by atoms with Gasteiger partial charge in [0, 0.05) is 6.42 Å². The molecule has 0 heterocycles. The monoisotopic (exact) mass is 878 g/mol. The first-order chi connectivity index (χ1) is 31.2. The van der Waals surface area contributed by atoms with Crippen molar-refractivity contribution in [3.8, 4) is 0 Å². The highest BCUT2D eigenvalue weighted by Gasteiger charge is 2.18. The lowest BCUT2D eigenvalue weighted by Crippen LogP contribution is -2.45. The lowest BCUT2D eigenvalue weighted by molar-refractivity contribution is -0.123. The van der Waals surface area contributed by atoms with Crippen LogP contribution in [0.25, 0.3) is 0 Å². The Bertz CT molecular complexity index is 1090. The maximum atomic E-state index is 12.5. The standard InChI is InChI=1S/C59H107NO3/c1-3-5-7-9-11-13-15-17-19-21-23-24-25-26-27-28-29-30-31-32-33-34-35-36-37-39-41-43-45-47-49-51-53-55-59(63)60-57(56-61)58(62)54-52-50-48-46-44-42-40-38-22-20-18-16-14-12-10-8-6-4-2/h5,7,11,13,17,19,23-24,26-27,52,54,57-58,61-62H,3-4,6,8-10,12,14-16,18,20-22,25,28-51,53,55-56H2,1-2H3,(H,60,63)/b7-5-,13-11-,19-17-,24-23-,27-26-,54-52+. The van der Waals surface area contributed by atoms with E-state index in [4.69, 9.17) is 0 Å². The lowest BCUT2D eigenvalue weighted by Gasteiger charge is -2.20. The van der Waals surface area contributed by atoms with Crippen molar-refractivity contribution < 1.29 is 15.0 Å². The Morgan fingerprint density at radius 1 is 0.397 bits per heavy atom. The second-order valence-corrected chi connectivity index (χ2v) is 18.6. The Morgan fingerprint density at radius 2 is 0.698 bits per heavy atom. The van der Waals surface area contributed by atoms with E-state index in [9.17, 15) is 15.0 Å². The number of amides is 1. The number of hydrogen-bond acceptors (Lipinski definition) is 3. The molecule has 0 aromatic carbocycles. The van der Waals surface area contributed by atoms with Crippen LogP contribution in [-0.4, -0.2) is 34.9 Å². The Labute approximate surface area is 393 Å². The van der Waals surface area contributed by atoms with Crippen LogP contribution in [0.3, 0.4) is 0 Å². The molecular weight excluding hydrogens is 771 g/mol. The predicted molar refractivity (Wildman–Crippen MR) is 281 cm³/mol. The van der Waals surface area contributed by atoms with Crippen LogP contribution in [0.2, 0.25) is 0 Å². The highest BCUT2D eigenvalue weighted by Crippen LogP contribution is 2.17. The number of aliphatic hydroxyl groups is 2. The molecule has 0 saturated carbocycles. The summed E-state index contributed by atoms with van der Waals surface area (Å²) in [7, 11) is 0. The maximum absolute atomic E-state index is 12.5. The molecule has 2 unspecified atom stereocenters. The zero-order chi connectivity index (χ0) is 45.6. The molecule has 0 fully saturated rings. The third kappa shape index (κ3) is 50.7. The minimum Gasteiger partial charge on any atom is -0.394 e. The second-order valence-electron chi connectivity index (χ2n) is 18.6. The molecule has 1 amide bonds. The number of carbonyl (C=O) groups is 1. The molecular formula is C59H107NO3. The van der Waals surface area contributed by atoms with Gasteiger partial charge in [0.1, 0.15) is 0 Å². The molecule has 0 saturated heterocycles. The fourth-order valence-corrected chi connectivity index (χ4v) is 8.27. The van der Waals surface area contributed by atoms with Crippen molar-refractivity contribution in [3.63, 3.8) is 0 Å². The van der Waals surface area contributed by atoms with Gasteiger partial charge in [-0.25, -0.2) is 0 Å². The van der Waals surface area contributed by atoms with Crippen molar-refractivity contribution >= 4 is 5.91 Å². The molecule has 3 N–H and O–H groups in total. The van der Waals surface area contributed by atoms with E-state index >= 15 is 0 Å². The first-order valence-electron chi connectivity index (χ1n) is 27.7. The molecule has 0 spiro atoms. The lowest BCUT2D eigenvalue weighted by atomic mass is 10.0. The fourth-order valence-electron chi connectivity index (χ4n) is 8.27. The molecule has 0 aromatic rings. The molecule has 0 aliphatic heterocycles. The summed E-state index contributed by atoms with van der Waals surface area (Å²) in [6, 6.07) is -0.624. The van der Waals surface area contributed by atoms with E-state index in [0.29, 0.717) is 6.42 Å². The van der Waals surface area contributed by atoms with E-state index in [1.165, 1.54) is 199 Å². The molecule has 0 aliphatic carbocycles. The summed E-state index contributed by atoms with van der Waals surface area (Å²) >= 11 is 0. The van der Waals surface area contributed by atoms with Crippen molar-refractivity contribution in [2.45, 2.75) is 289 Å². The van der Waals surface area contributed by atoms with Gasteiger partial charge in [-0.1, -0.05) is 279 Å². The highest BCUT2D eigenvalue weighted by atomic mass is 16.3. The van der Waals surface area contributed by atoms with Crippen molar-refractivity contribution in [1.82, 2.24) is 5.32 Å². The van der Waals surface area contributed by atoms with E-state index in [1.54, 1.807) is 6.08 Å². The Kier molecular flexibility index (Phi) is 52.3. The number of allylic oxidation sites excluding steroid dienone is 11. The van der Waals surface area contributed by atoms with Gasteiger partial charge in [0.05, 0.1) is 18.8 Å². The van der Waals surface area contributed by atoms with Crippen LogP contribution in [0.5, 0.6) is 0 Å². The van der Waals surface area contributed by atoms with Crippen LogP contribution in [0.15, 0.2) is 72.9 Å². The van der Waals surface area contributed by atoms with E-state index in [-0.39, 0.29) is 12.5 Å². The number of rotatable bonds is 50. The average Bonchev–Trinajstić information content (AvgIpc) is 3.29. The molecule has 4 nitrogen and oxygen atoms in total. The minimum absolute atomic E-state index is 0.0626. The highest BCUT2D eigenvalue weighted by molar-refractivity contribution is 5.76. The molecule has 0 radical (unpaired) electrons. The summed E-state index contributed by atoms with van der Waals surface area (Å²) in [5.41, 5.74) is 0. The van der Waals surface area contributed by atoms with Crippen LogP contribution in [0.1, 0.15) is 277 Å². The van der Waals surface area contributed by atoms with Gasteiger partial charge in [-0.15, -0.1) is 0 Å². The van der Waals surface area contributed by atoms with Crippen molar-refractivity contribution in [1.29, 1.82) is 0 Å². The SMILES string of the molecule is CC/C=C\C/C=C\C/C=C\C/C=C\C/C=C\CCCCCCCCCCCCCCCCCCCC(=O)NC(CO)C(O)/C=C/CCCCCCCCCCCCCCCCCC. The maximum Gasteiger partial charge on any atom is 0.220 e. The van der Waals surface area contributed by atoms with E-state index in [2.05, 4.69) is 79.9 Å². The number of aliphatic hydroxyl groups excluding tert-OH is 2. The van der Waals surface area contributed by atoms with Gasteiger partial charge in [-0.3, -0.25) is 4.79 Å². The third-order valence-electron chi connectivity index (χ3n) is 12.4.